The molecule has 1 amide bonds. The number of nitrogens with zero attached hydrogens (tertiary/aromatic N) is 3. The highest BCUT2D eigenvalue weighted by Crippen LogP contribution is 2.32. The molecule has 2 aliphatic heterocycles. The molecule has 1 aromatic carbocycles. The van der Waals surface area contributed by atoms with Crippen molar-refractivity contribution in [3.8, 4) is 0 Å². The van der Waals surface area contributed by atoms with Gasteiger partial charge in [0.05, 0.1) is 0 Å². The van der Waals surface area contributed by atoms with Crippen LogP contribution in [0.2, 0.25) is 0 Å². The first-order chi connectivity index (χ1) is 18.0. The van der Waals surface area contributed by atoms with E-state index in [1.165, 1.54) is 6.07 Å². The Morgan fingerprint density at radius 1 is 0.872 bits per heavy atom. The third-order valence-corrected chi connectivity index (χ3v) is 5.74. The van der Waals surface area contributed by atoms with E-state index in [9.17, 15) is 35.5 Å². The van der Waals surface area contributed by atoms with Crippen LogP contribution >= 0.6 is 0 Å². The third kappa shape index (κ3) is 9.81. The molecule has 0 spiro atoms. The number of halogens is 7. The van der Waals surface area contributed by atoms with Crippen LogP contribution in [0.1, 0.15) is 21.7 Å². The first-order valence-corrected chi connectivity index (χ1v) is 11.3. The first kappa shape index (κ1) is 31.5. The van der Waals surface area contributed by atoms with Crippen molar-refractivity contribution in [1.29, 1.82) is 0 Å². The lowest BCUT2D eigenvalue weighted by atomic mass is 10.0. The minimum atomic E-state index is -5.08. The van der Waals surface area contributed by atoms with Gasteiger partial charge in [0, 0.05) is 38.4 Å². The zero-order valence-corrected chi connectivity index (χ0v) is 20.3. The molecule has 39 heavy (non-hydrogen) atoms. The molecule has 2 unspecified atom stereocenters. The lowest BCUT2D eigenvalue weighted by Crippen LogP contribution is -2.33. The minimum Gasteiger partial charge on any atom is -0.475 e. The standard InChI is InChI=1S/C20H22FN3O.2C2HF3O2/c1-14-4-2-7-19(22-14)20(25)24-12-16-10-23(11-17(16)13-24)9-15-5-3-6-18(21)8-15;2*3-2(4,5)1(6)7/h2-8,16-17H,9-13H2,1H3;2*(H,6,7). The van der Waals surface area contributed by atoms with Crippen molar-refractivity contribution in [3.63, 3.8) is 0 Å². The van der Waals surface area contributed by atoms with E-state index in [0.717, 1.165) is 44.0 Å². The van der Waals surface area contributed by atoms with E-state index in [2.05, 4.69) is 9.88 Å². The molecule has 214 valence electrons. The number of alkyl halides is 6. The van der Waals surface area contributed by atoms with Crippen molar-refractivity contribution < 1.29 is 55.3 Å². The molecule has 0 bridgehead atoms. The molecule has 3 heterocycles. The average molecular weight is 567 g/mol. The van der Waals surface area contributed by atoms with Gasteiger partial charge < -0.3 is 15.1 Å². The summed E-state index contributed by atoms with van der Waals surface area (Å²) in [7, 11) is 0. The van der Waals surface area contributed by atoms with Crippen molar-refractivity contribution in [1.82, 2.24) is 14.8 Å². The first-order valence-electron chi connectivity index (χ1n) is 11.3. The van der Waals surface area contributed by atoms with E-state index in [1.54, 1.807) is 18.2 Å². The van der Waals surface area contributed by atoms with Crippen LogP contribution in [0, 0.1) is 24.6 Å². The molecular formula is C24H24F7N3O5. The van der Waals surface area contributed by atoms with Gasteiger partial charge in [-0.3, -0.25) is 9.69 Å². The maximum absolute atomic E-state index is 13.3. The number of fused-ring (bicyclic) bond motifs is 1. The molecule has 15 heteroatoms. The number of benzene rings is 1. The summed E-state index contributed by atoms with van der Waals surface area (Å²) in [6.07, 6.45) is -10.2. The Morgan fingerprint density at radius 2 is 1.36 bits per heavy atom. The Labute approximate surface area is 217 Å². The van der Waals surface area contributed by atoms with Gasteiger partial charge >= 0.3 is 24.3 Å². The molecular weight excluding hydrogens is 543 g/mol. The molecule has 2 N–H and O–H groups in total. The smallest absolute Gasteiger partial charge is 0.475 e. The summed E-state index contributed by atoms with van der Waals surface area (Å²) in [5.41, 5.74) is 2.42. The molecule has 2 fully saturated rings. The van der Waals surface area contributed by atoms with Gasteiger partial charge in [0.1, 0.15) is 11.5 Å². The minimum absolute atomic E-state index is 0.0368. The van der Waals surface area contributed by atoms with Crippen LogP contribution in [-0.2, 0) is 16.1 Å². The molecule has 0 radical (unpaired) electrons. The number of carbonyl (C=O) groups excluding carboxylic acids is 1. The van der Waals surface area contributed by atoms with Crippen LogP contribution in [0.5, 0.6) is 0 Å². The summed E-state index contributed by atoms with van der Waals surface area (Å²) in [5.74, 6) is -4.65. The number of amides is 1. The van der Waals surface area contributed by atoms with Crippen LogP contribution in [0.4, 0.5) is 30.7 Å². The van der Waals surface area contributed by atoms with Gasteiger partial charge in [-0.2, -0.15) is 26.3 Å². The van der Waals surface area contributed by atoms with Crippen molar-refractivity contribution >= 4 is 17.8 Å². The van der Waals surface area contributed by atoms with E-state index in [4.69, 9.17) is 19.8 Å². The van der Waals surface area contributed by atoms with Gasteiger partial charge in [-0.15, -0.1) is 0 Å². The molecule has 1 aromatic heterocycles. The molecule has 2 aliphatic rings. The molecule has 2 atom stereocenters. The summed E-state index contributed by atoms with van der Waals surface area (Å²) in [4.78, 5) is 39.1. The third-order valence-electron chi connectivity index (χ3n) is 5.74. The van der Waals surface area contributed by atoms with E-state index in [-0.39, 0.29) is 11.7 Å². The zero-order chi connectivity index (χ0) is 29.5. The number of hydrogen-bond donors (Lipinski definition) is 2. The highest BCUT2D eigenvalue weighted by molar-refractivity contribution is 5.92. The lowest BCUT2D eigenvalue weighted by molar-refractivity contribution is -0.193. The predicted molar refractivity (Wildman–Crippen MR) is 121 cm³/mol. The van der Waals surface area contributed by atoms with E-state index in [0.29, 0.717) is 17.5 Å². The van der Waals surface area contributed by atoms with Crippen molar-refractivity contribution in [2.45, 2.75) is 25.8 Å². The van der Waals surface area contributed by atoms with Gasteiger partial charge in [0.15, 0.2) is 0 Å². The molecule has 2 saturated heterocycles. The van der Waals surface area contributed by atoms with Crippen molar-refractivity contribution in [2.75, 3.05) is 26.2 Å². The number of carboxylic acid groups (broad SMARTS) is 2. The average Bonchev–Trinajstić information content (AvgIpc) is 3.37. The fourth-order valence-corrected chi connectivity index (χ4v) is 4.10. The largest absolute Gasteiger partial charge is 0.490 e. The number of carbonyl (C=O) groups is 3. The fraction of sp³-hybridized carbons (Fsp3) is 0.417. The molecule has 0 saturated carbocycles. The van der Waals surface area contributed by atoms with Gasteiger partial charge in [-0.1, -0.05) is 18.2 Å². The summed E-state index contributed by atoms with van der Waals surface area (Å²) in [5, 5.41) is 14.2. The lowest BCUT2D eigenvalue weighted by Gasteiger charge is -2.21. The second-order valence-electron chi connectivity index (χ2n) is 8.82. The second kappa shape index (κ2) is 12.9. The highest BCUT2D eigenvalue weighted by Gasteiger charge is 2.42. The maximum Gasteiger partial charge on any atom is 0.490 e. The number of aliphatic carboxylic acids is 2. The normalized spacial score (nSPS) is 18.8. The second-order valence-corrected chi connectivity index (χ2v) is 8.82. The van der Waals surface area contributed by atoms with Crippen LogP contribution in [0.25, 0.3) is 0 Å². The number of likely N-dealkylation sites (tertiary alicyclic amines) is 2. The topological polar surface area (TPSA) is 111 Å². The summed E-state index contributed by atoms with van der Waals surface area (Å²) < 4.78 is 76.8. The Hall–Kier alpha value is -3.75. The summed E-state index contributed by atoms with van der Waals surface area (Å²) in [6, 6.07) is 12.4. The fourth-order valence-electron chi connectivity index (χ4n) is 4.10. The van der Waals surface area contributed by atoms with Crippen LogP contribution < -0.4 is 0 Å². The number of aryl methyl sites for hydroxylation is 1. The predicted octanol–water partition coefficient (Wildman–Crippen LogP) is 4.00. The van der Waals surface area contributed by atoms with E-state index >= 15 is 0 Å². The Balaban J connectivity index is 0.000000317. The number of rotatable bonds is 3. The molecule has 0 aliphatic carbocycles. The van der Waals surface area contributed by atoms with Crippen molar-refractivity contribution in [2.24, 2.45) is 11.8 Å². The van der Waals surface area contributed by atoms with E-state index in [1.807, 2.05) is 30.0 Å². The Bertz CT molecular complexity index is 1140. The maximum atomic E-state index is 13.3. The van der Waals surface area contributed by atoms with Crippen LogP contribution in [0.3, 0.4) is 0 Å². The zero-order valence-electron chi connectivity index (χ0n) is 20.3. The Kier molecular flexibility index (Phi) is 10.4. The van der Waals surface area contributed by atoms with Gasteiger partial charge in [0.25, 0.3) is 5.91 Å². The monoisotopic (exact) mass is 567 g/mol. The SMILES string of the molecule is Cc1cccc(C(=O)N2CC3CN(Cc4cccc(F)c4)CC3C2)n1.O=C(O)C(F)(F)F.O=C(O)C(F)(F)F. The molecule has 4 rings (SSSR count). The van der Waals surface area contributed by atoms with Gasteiger partial charge in [-0.25, -0.2) is 19.0 Å². The molecule has 2 aromatic rings. The number of aromatic nitrogens is 1. The summed E-state index contributed by atoms with van der Waals surface area (Å²) in [6.45, 7) is 6.19. The van der Waals surface area contributed by atoms with Crippen LogP contribution in [-0.4, -0.2) is 81.4 Å². The summed E-state index contributed by atoms with van der Waals surface area (Å²) >= 11 is 0. The Morgan fingerprint density at radius 3 is 1.79 bits per heavy atom. The number of carboxylic acids is 2. The van der Waals surface area contributed by atoms with Gasteiger partial charge in [-0.05, 0) is 48.6 Å². The molecule has 8 nitrogen and oxygen atoms in total. The van der Waals surface area contributed by atoms with E-state index < -0.39 is 24.3 Å². The number of hydrogen-bond acceptors (Lipinski definition) is 5. The van der Waals surface area contributed by atoms with Crippen molar-refractivity contribution in [3.05, 3.63) is 65.2 Å². The van der Waals surface area contributed by atoms with Gasteiger partial charge in [0.2, 0.25) is 0 Å². The highest BCUT2D eigenvalue weighted by atomic mass is 19.4. The number of pyridine rings is 1. The quantitative estimate of drug-likeness (QED) is 0.540. The van der Waals surface area contributed by atoms with Crippen LogP contribution in [0.15, 0.2) is 42.5 Å².